The molecule has 0 aliphatic heterocycles. The minimum atomic E-state index is -3.60. The van der Waals surface area contributed by atoms with Crippen molar-refractivity contribution in [2.24, 2.45) is 0 Å². The van der Waals surface area contributed by atoms with E-state index in [1.807, 2.05) is 24.3 Å². The van der Waals surface area contributed by atoms with Gasteiger partial charge in [-0.15, -0.1) is 0 Å². The van der Waals surface area contributed by atoms with Crippen LogP contribution in [-0.2, 0) is 21.2 Å². The molecule has 0 fully saturated rings. The largest absolute Gasteiger partial charge is 0.495 e. The van der Waals surface area contributed by atoms with Gasteiger partial charge in [-0.05, 0) is 35.9 Å². The first kappa shape index (κ1) is 19.4. The van der Waals surface area contributed by atoms with E-state index in [-0.39, 0.29) is 17.2 Å². The van der Waals surface area contributed by atoms with Gasteiger partial charge in [-0.1, -0.05) is 28.1 Å². The summed E-state index contributed by atoms with van der Waals surface area (Å²) in [7, 11) is 0.752. The number of carbonyl (C=O) groups is 1. The zero-order chi connectivity index (χ0) is 18.6. The zero-order valence-corrected chi connectivity index (χ0v) is 16.5. The summed E-state index contributed by atoms with van der Waals surface area (Å²) in [4.78, 5) is 12.4. The molecular formula is C17H19BrN2O4S. The number of nitrogens with zero attached hydrogens (tertiary/aromatic N) is 1. The highest BCUT2D eigenvalue weighted by Crippen LogP contribution is 2.28. The Morgan fingerprint density at radius 3 is 2.52 bits per heavy atom. The second-order valence-corrected chi connectivity index (χ2v) is 8.57. The Bertz CT molecular complexity index is 882. The lowest BCUT2D eigenvalue weighted by atomic mass is 10.1. The number of methoxy groups -OCH3 is 1. The highest BCUT2D eigenvalue weighted by Gasteiger charge is 2.19. The molecule has 6 nitrogen and oxygen atoms in total. The summed E-state index contributed by atoms with van der Waals surface area (Å²) in [6, 6.07) is 11.8. The number of nitrogens with one attached hydrogen (secondary N) is 1. The van der Waals surface area contributed by atoms with Crippen LogP contribution >= 0.6 is 15.9 Å². The van der Waals surface area contributed by atoms with Crippen molar-refractivity contribution in [3.05, 3.63) is 52.5 Å². The van der Waals surface area contributed by atoms with Gasteiger partial charge < -0.3 is 10.1 Å². The van der Waals surface area contributed by atoms with Gasteiger partial charge in [0.05, 0.1) is 24.1 Å². The third kappa shape index (κ3) is 4.81. The SMILES string of the molecule is COc1ccc(S(=O)(=O)N(C)C)cc1NC(=O)Cc1cccc(Br)c1. The summed E-state index contributed by atoms with van der Waals surface area (Å²) >= 11 is 3.36. The van der Waals surface area contributed by atoms with Crippen LogP contribution in [0.1, 0.15) is 5.56 Å². The number of halogens is 1. The molecule has 1 N–H and O–H groups in total. The number of ether oxygens (including phenoxy) is 1. The van der Waals surface area contributed by atoms with E-state index in [1.165, 1.54) is 39.4 Å². The second kappa shape index (κ2) is 7.99. The number of amides is 1. The maximum Gasteiger partial charge on any atom is 0.242 e. The molecule has 2 aromatic carbocycles. The Morgan fingerprint density at radius 2 is 1.92 bits per heavy atom. The number of hydrogen-bond donors (Lipinski definition) is 1. The van der Waals surface area contributed by atoms with E-state index in [1.54, 1.807) is 0 Å². The number of anilines is 1. The number of sulfonamides is 1. The lowest BCUT2D eigenvalue weighted by Gasteiger charge is -2.15. The van der Waals surface area contributed by atoms with Gasteiger partial charge in [-0.2, -0.15) is 0 Å². The van der Waals surface area contributed by atoms with E-state index in [0.29, 0.717) is 11.4 Å². The molecule has 0 aromatic heterocycles. The van der Waals surface area contributed by atoms with Gasteiger partial charge in [0, 0.05) is 18.6 Å². The lowest BCUT2D eigenvalue weighted by molar-refractivity contribution is -0.115. The molecule has 0 radical (unpaired) electrons. The molecule has 25 heavy (non-hydrogen) atoms. The molecule has 0 bridgehead atoms. The quantitative estimate of drug-likeness (QED) is 0.770. The molecule has 2 rings (SSSR count). The van der Waals surface area contributed by atoms with Gasteiger partial charge in [-0.3, -0.25) is 4.79 Å². The Kier molecular flexibility index (Phi) is 6.21. The highest BCUT2D eigenvalue weighted by molar-refractivity contribution is 9.10. The molecule has 0 heterocycles. The molecule has 1 amide bonds. The number of rotatable bonds is 6. The average molecular weight is 427 g/mol. The Labute approximate surface area is 156 Å². The molecule has 134 valence electrons. The average Bonchev–Trinajstić information content (AvgIpc) is 2.54. The highest BCUT2D eigenvalue weighted by atomic mass is 79.9. The first-order chi connectivity index (χ1) is 11.7. The van der Waals surface area contributed by atoms with E-state index < -0.39 is 10.0 Å². The molecule has 0 aliphatic carbocycles. The fourth-order valence-corrected chi connectivity index (χ4v) is 3.56. The molecule has 0 atom stereocenters. The van der Waals surface area contributed by atoms with E-state index in [9.17, 15) is 13.2 Å². The number of hydrogen-bond acceptors (Lipinski definition) is 4. The van der Waals surface area contributed by atoms with Crippen molar-refractivity contribution in [2.45, 2.75) is 11.3 Å². The first-order valence-electron chi connectivity index (χ1n) is 7.39. The predicted molar refractivity (Wildman–Crippen MR) is 100 cm³/mol. The monoisotopic (exact) mass is 426 g/mol. The van der Waals surface area contributed by atoms with Crippen LogP contribution < -0.4 is 10.1 Å². The standard InChI is InChI=1S/C17H19BrN2O4S/c1-20(2)25(22,23)14-7-8-16(24-3)15(11-14)19-17(21)10-12-5-4-6-13(18)9-12/h4-9,11H,10H2,1-3H3,(H,19,21). The minimum absolute atomic E-state index is 0.0797. The minimum Gasteiger partial charge on any atom is -0.495 e. The molecule has 0 aliphatic rings. The summed E-state index contributed by atoms with van der Waals surface area (Å²) in [5.41, 5.74) is 1.15. The van der Waals surface area contributed by atoms with Crippen molar-refractivity contribution in [1.82, 2.24) is 4.31 Å². The van der Waals surface area contributed by atoms with Crippen molar-refractivity contribution in [1.29, 1.82) is 0 Å². The number of carbonyl (C=O) groups excluding carboxylic acids is 1. The number of benzene rings is 2. The van der Waals surface area contributed by atoms with Crippen LogP contribution in [0.15, 0.2) is 51.8 Å². The van der Waals surface area contributed by atoms with Crippen LogP contribution in [0.25, 0.3) is 0 Å². The van der Waals surface area contributed by atoms with Gasteiger partial charge in [0.1, 0.15) is 5.75 Å². The molecule has 0 unspecified atom stereocenters. The van der Waals surface area contributed by atoms with Crippen LogP contribution in [0.2, 0.25) is 0 Å². The van der Waals surface area contributed by atoms with E-state index >= 15 is 0 Å². The van der Waals surface area contributed by atoms with Crippen LogP contribution in [0.5, 0.6) is 5.75 Å². The Balaban J connectivity index is 2.26. The zero-order valence-electron chi connectivity index (χ0n) is 14.1. The predicted octanol–water partition coefficient (Wildman–Crippen LogP) is 2.89. The summed E-state index contributed by atoms with van der Waals surface area (Å²) in [5, 5.41) is 2.72. The van der Waals surface area contributed by atoms with Crippen molar-refractivity contribution in [3.63, 3.8) is 0 Å². The molecular weight excluding hydrogens is 408 g/mol. The van der Waals surface area contributed by atoms with Gasteiger partial charge in [0.15, 0.2) is 0 Å². The molecule has 2 aromatic rings. The normalized spacial score (nSPS) is 11.4. The summed E-state index contributed by atoms with van der Waals surface area (Å²) in [6.45, 7) is 0. The Morgan fingerprint density at radius 1 is 1.20 bits per heavy atom. The third-order valence-electron chi connectivity index (χ3n) is 3.48. The van der Waals surface area contributed by atoms with Crippen LogP contribution in [0, 0.1) is 0 Å². The van der Waals surface area contributed by atoms with Gasteiger partial charge >= 0.3 is 0 Å². The first-order valence-corrected chi connectivity index (χ1v) is 9.62. The Hall–Kier alpha value is -1.90. The van der Waals surface area contributed by atoms with Crippen LogP contribution in [0.3, 0.4) is 0 Å². The topological polar surface area (TPSA) is 75.7 Å². The summed E-state index contributed by atoms with van der Waals surface area (Å²) in [6.07, 6.45) is 0.160. The molecule has 8 heteroatoms. The molecule has 0 saturated heterocycles. The molecule has 0 saturated carbocycles. The van der Waals surface area contributed by atoms with Gasteiger partial charge in [-0.25, -0.2) is 12.7 Å². The van der Waals surface area contributed by atoms with Crippen molar-refractivity contribution in [3.8, 4) is 5.75 Å². The van der Waals surface area contributed by atoms with Crippen LogP contribution in [0.4, 0.5) is 5.69 Å². The maximum absolute atomic E-state index is 12.3. The smallest absolute Gasteiger partial charge is 0.242 e. The molecule has 0 spiro atoms. The van der Waals surface area contributed by atoms with Crippen LogP contribution in [-0.4, -0.2) is 39.8 Å². The van der Waals surface area contributed by atoms with E-state index in [2.05, 4.69) is 21.2 Å². The van der Waals surface area contributed by atoms with Crippen molar-refractivity contribution in [2.75, 3.05) is 26.5 Å². The van der Waals surface area contributed by atoms with Crippen molar-refractivity contribution < 1.29 is 17.9 Å². The van der Waals surface area contributed by atoms with Gasteiger partial charge in [0.2, 0.25) is 15.9 Å². The second-order valence-electron chi connectivity index (χ2n) is 5.50. The van der Waals surface area contributed by atoms with Gasteiger partial charge in [0.25, 0.3) is 0 Å². The van der Waals surface area contributed by atoms with Crippen molar-refractivity contribution >= 4 is 37.5 Å². The summed E-state index contributed by atoms with van der Waals surface area (Å²) < 4.78 is 31.7. The van der Waals surface area contributed by atoms with E-state index in [4.69, 9.17) is 4.74 Å². The fourth-order valence-electron chi connectivity index (χ4n) is 2.18. The maximum atomic E-state index is 12.3. The lowest BCUT2D eigenvalue weighted by Crippen LogP contribution is -2.22. The third-order valence-corrected chi connectivity index (χ3v) is 5.78. The fraction of sp³-hybridized carbons (Fsp3) is 0.235. The van der Waals surface area contributed by atoms with E-state index in [0.717, 1.165) is 14.3 Å². The summed E-state index contributed by atoms with van der Waals surface area (Å²) in [5.74, 6) is 0.121.